The quantitative estimate of drug-likeness (QED) is 0.313. The first kappa shape index (κ1) is 19.9. The maximum absolute atomic E-state index is 12.6. The molecule has 2 aromatic carbocycles. The van der Waals surface area contributed by atoms with E-state index in [1.807, 2.05) is 36.4 Å². The van der Waals surface area contributed by atoms with Crippen LogP contribution in [0.25, 0.3) is 6.08 Å². The van der Waals surface area contributed by atoms with Crippen LogP contribution in [0.4, 0.5) is 0 Å². The molecule has 27 heavy (non-hydrogen) atoms. The Labute approximate surface area is 177 Å². The summed E-state index contributed by atoms with van der Waals surface area (Å²) >= 11 is 10.1. The maximum atomic E-state index is 12.6. The van der Waals surface area contributed by atoms with Crippen LogP contribution in [-0.4, -0.2) is 21.7 Å². The third kappa shape index (κ3) is 4.89. The molecule has 6 heteroatoms. The second kappa shape index (κ2) is 8.87. The number of thioether (sulfide) groups is 1. The van der Waals surface area contributed by atoms with Gasteiger partial charge in [0.15, 0.2) is 0 Å². The van der Waals surface area contributed by atoms with Gasteiger partial charge in [-0.25, -0.2) is 0 Å². The first-order chi connectivity index (χ1) is 13.0. The normalized spacial score (nSPS) is 15.5. The number of amides is 1. The molecule has 0 spiro atoms. The molecular weight excluding hydrogens is 442 g/mol. The third-order valence-electron chi connectivity index (χ3n) is 3.92. The van der Waals surface area contributed by atoms with Crippen molar-refractivity contribution < 1.29 is 9.53 Å². The minimum atomic E-state index is -0.102. The average molecular weight is 460 g/mol. The first-order valence-corrected chi connectivity index (χ1v) is 10.3. The zero-order chi connectivity index (χ0) is 19.4. The fourth-order valence-electron chi connectivity index (χ4n) is 2.65. The smallest absolute Gasteiger partial charge is 0.266 e. The summed E-state index contributed by atoms with van der Waals surface area (Å²) in [6, 6.07) is 14.0. The van der Waals surface area contributed by atoms with Gasteiger partial charge < -0.3 is 4.74 Å². The van der Waals surface area contributed by atoms with Crippen LogP contribution in [0.5, 0.6) is 5.75 Å². The van der Waals surface area contributed by atoms with Crippen LogP contribution in [0, 0.1) is 6.92 Å². The summed E-state index contributed by atoms with van der Waals surface area (Å²) in [6.07, 6.45) is 3.50. The predicted octanol–water partition coefficient (Wildman–Crippen LogP) is 5.72. The van der Waals surface area contributed by atoms with Crippen molar-refractivity contribution in [2.75, 3.05) is 6.54 Å². The van der Waals surface area contributed by atoms with E-state index in [1.165, 1.54) is 17.3 Å². The Morgan fingerprint density at radius 3 is 2.85 bits per heavy atom. The summed E-state index contributed by atoms with van der Waals surface area (Å²) in [5.74, 6) is 0.614. The lowest BCUT2D eigenvalue weighted by atomic mass is 10.1. The lowest BCUT2D eigenvalue weighted by Gasteiger charge is -2.11. The Morgan fingerprint density at radius 1 is 1.30 bits per heavy atom. The number of hydrogen-bond donors (Lipinski definition) is 0. The number of thiocarbonyl (C=S) groups is 1. The molecule has 3 rings (SSSR count). The SMILES string of the molecule is C=CCN1C(=O)/C(=C\c2cc(Br)ccc2OCc2cccc(C)c2)SC1=S. The highest BCUT2D eigenvalue weighted by atomic mass is 79.9. The second-order valence-corrected chi connectivity index (χ2v) is 8.63. The van der Waals surface area contributed by atoms with Crippen molar-refractivity contribution in [3.63, 3.8) is 0 Å². The Bertz CT molecular complexity index is 940. The van der Waals surface area contributed by atoms with Crippen molar-refractivity contribution in [3.05, 3.63) is 81.2 Å². The predicted molar refractivity (Wildman–Crippen MR) is 120 cm³/mol. The van der Waals surface area contributed by atoms with Crippen molar-refractivity contribution >= 4 is 56.2 Å². The number of benzene rings is 2. The van der Waals surface area contributed by atoms with E-state index in [9.17, 15) is 4.79 Å². The number of aryl methyl sites for hydroxylation is 1. The Kier molecular flexibility index (Phi) is 6.52. The molecule has 1 aliphatic heterocycles. The topological polar surface area (TPSA) is 29.5 Å². The van der Waals surface area contributed by atoms with E-state index in [1.54, 1.807) is 11.0 Å². The van der Waals surface area contributed by atoms with Crippen LogP contribution in [0.3, 0.4) is 0 Å². The molecular formula is C21H18BrNO2S2. The highest BCUT2D eigenvalue weighted by molar-refractivity contribution is 9.10. The van der Waals surface area contributed by atoms with Crippen LogP contribution in [-0.2, 0) is 11.4 Å². The lowest BCUT2D eigenvalue weighted by Crippen LogP contribution is -2.27. The Hall–Kier alpha value is -1.89. The van der Waals surface area contributed by atoms with Crippen LogP contribution >= 0.6 is 39.9 Å². The number of carbonyl (C=O) groups is 1. The van der Waals surface area contributed by atoms with Gasteiger partial charge in [-0.2, -0.15) is 0 Å². The molecule has 0 N–H and O–H groups in total. The summed E-state index contributed by atoms with van der Waals surface area (Å²) in [6.45, 7) is 6.61. The van der Waals surface area contributed by atoms with E-state index < -0.39 is 0 Å². The van der Waals surface area contributed by atoms with E-state index in [-0.39, 0.29) is 5.91 Å². The van der Waals surface area contributed by atoms with Gasteiger partial charge in [-0.05, 0) is 36.8 Å². The van der Waals surface area contributed by atoms with Gasteiger partial charge in [0.1, 0.15) is 16.7 Å². The van der Waals surface area contributed by atoms with Gasteiger partial charge >= 0.3 is 0 Å². The second-order valence-electron chi connectivity index (χ2n) is 6.04. The third-order valence-corrected chi connectivity index (χ3v) is 5.79. The van der Waals surface area contributed by atoms with E-state index in [0.717, 1.165) is 15.6 Å². The monoisotopic (exact) mass is 459 g/mol. The van der Waals surface area contributed by atoms with Gasteiger partial charge in [-0.15, -0.1) is 6.58 Å². The molecule has 2 aromatic rings. The summed E-state index contributed by atoms with van der Waals surface area (Å²) in [5, 5.41) is 0. The molecule has 0 aliphatic carbocycles. The molecule has 138 valence electrons. The maximum Gasteiger partial charge on any atom is 0.266 e. The molecule has 1 saturated heterocycles. The molecule has 0 radical (unpaired) electrons. The van der Waals surface area contributed by atoms with Crippen molar-refractivity contribution in [1.29, 1.82) is 0 Å². The number of carbonyl (C=O) groups excluding carboxylic acids is 1. The number of nitrogens with zero attached hydrogens (tertiary/aromatic N) is 1. The van der Waals surface area contributed by atoms with Crippen molar-refractivity contribution in [2.24, 2.45) is 0 Å². The minimum absolute atomic E-state index is 0.102. The largest absolute Gasteiger partial charge is 0.488 e. The van der Waals surface area contributed by atoms with Gasteiger partial charge in [0.2, 0.25) is 0 Å². The zero-order valence-electron chi connectivity index (χ0n) is 14.8. The van der Waals surface area contributed by atoms with Gasteiger partial charge in [-0.3, -0.25) is 9.69 Å². The van der Waals surface area contributed by atoms with Crippen molar-refractivity contribution in [1.82, 2.24) is 4.90 Å². The van der Waals surface area contributed by atoms with E-state index in [0.29, 0.717) is 28.1 Å². The summed E-state index contributed by atoms with van der Waals surface area (Å²) in [7, 11) is 0. The van der Waals surface area contributed by atoms with E-state index in [2.05, 4.69) is 41.6 Å². The number of rotatable bonds is 6. The lowest BCUT2D eigenvalue weighted by molar-refractivity contribution is -0.121. The number of ether oxygens (including phenoxy) is 1. The summed E-state index contributed by atoms with van der Waals surface area (Å²) in [4.78, 5) is 14.7. The molecule has 0 saturated carbocycles. The van der Waals surface area contributed by atoms with Gasteiger partial charge in [0, 0.05) is 16.6 Å². The first-order valence-electron chi connectivity index (χ1n) is 8.32. The molecule has 1 amide bonds. The zero-order valence-corrected chi connectivity index (χ0v) is 18.0. The molecule has 3 nitrogen and oxygen atoms in total. The average Bonchev–Trinajstić information content (AvgIpc) is 2.89. The Morgan fingerprint density at radius 2 is 2.11 bits per heavy atom. The summed E-state index contributed by atoms with van der Waals surface area (Å²) < 4.78 is 7.49. The van der Waals surface area contributed by atoms with E-state index in [4.69, 9.17) is 17.0 Å². The number of halogens is 1. The van der Waals surface area contributed by atoms with Crippen molar-refractivity contribution in [3.8, 4) is 5.75 Å². The fourth-order valence-corrected chi connectivity index (χ4v) is 4.30. The van der Waals surface area contributed by atoms with E-state index >= 15 is 0 Å². The molecule has 0 bridgehead atoms. The molecule has 0 unspecified atom stereocenters. The van der Waals surface area contributed by atoms with Crippen LogP contribution < -0.4 is 4.74 Å². The van der Waals surface area contributed by atoms with Gasteiger partial charge in [-0.1, -0.05) is 75.8 Å². The number of hydrogen-bond acceptors (Lipinski definition) is 4. The van der Waals surface area contributed by atoms with Gasteiger partial charge in [0.25, 0.3) is 5.91 Å². The Balaban J connectivity index is 1.85. The molecule has 0 aromatic heterocycles. The van der Waals surface area contributed by atoms with Crippen LogP contribution in [0.1, 0.15) is 16.7 Å². The van der Waals surface area contributed by atoms with Gasteiger partial charge in [0.05, 0.1) is 4.91 Å². The molecule has 1 fully saturated rings. The molecule has 1 heterocycles. The standard InChI is InChI=1S/C21H18BrNO2S2/c1-3-9-23-20(24)19(27-21(23)26)12-16-11-17(22)7-8-18(16)25-13-15-6-4-5-14(2)10-15/h3-8,10-12H,1,9,13H2,2H3/b19-12+. The van der Waals surface area contributed by atoms with Crippen LogP contribution in [0.15, 0.2) is 64.5 Å². The molecule has 1 aliphatic rings. The summed E-state index contributed by atoms with van der Waals surface area (Å²) in [5.41, 5.74) is 3.12. The van der Waals surface area contributed by atoms with Crippen LogP contribution in [0.2, 0.25) is 0 Å². The fraction of sp³-hybridized carbons (Fsp3) is 0.143. The minimum Gasteiger partial charge on any atom is -0.488 e. The van der Waals surface area contributed by atoms with Crippen molar-refractivity contribution in [2.45, 2.75) is 13.5 Å². The highest BCUT2D eigenvalue weighted by Crippen LogP contribution is 2.35. The highest BCUT2D eigenvalue weighted by Gasteiger charge is 2.31. The molecule has 0 atom stereocenters.